The number of methoxy groups -OCH3 is 1. The van der Waals surface area contributed by atoms with Crippen LogP contribution in [-0.2, 0) is 14.9 Å². The number of benzene rings is 1. The summed E-state index contributed by atoms with van der Waals surface area (Å²) >= 11 is 6.09. The topological polar surface area (TPSA) is 32.8 Å². The minimum Gasteiger partial charge on any atom is -0.381 e. The first-order chi connectivity index (χ1) is 13.6. The molecule has 2 aliphatic heterocycles. The Morgan fingerprint density at radius 3 is 2.18 bits per heavy atom. The Hall–Kier alpha value is -1.10. The molecule has 2 saturated heterocycles. The summed E-state index contributed by atoms with van der Waals surface area (Å²) < 4.78 is 5.50. The highest BCUT2D eigenvalue weighted by atomic mass is 35.5. The van der Waals surface area contributed by atoms with Crippen LogP contribution in [-0.4, -0.2) is 61.1 Å². The van der Waals surface area contributed by atoms with Crippen molar-refractivity contribution >= 4 is 17.5 Å². The maximum absolute atomic E-state index is 13.6. The number of rotatable bonds is 4. The zero-order valence-corrected chi connectivity index (χ0v) is 17.8. The minimum absolute atomic E-state index is 0.325. The summed E-state index contributed by atoms with van der Waals surface area (Å²) in [6.07, 6.45) is 9.11. The van der Waals surface area contributed by atoms with Crippen molar-refractivity contribution in [3.05, 3.63) is 34.9 Å². The number of likely N-dealkylation sites (tertiary alicyclic amines) is 2. The second-order valence-electron chi connectivity index (χ2n) is 8.79. The van der Waals surface area contributed by atoms with Crippen LogP contribution in [0.5, 0.6) is 0 Å². The number of piperidine rings is 2. The molecule has 1 saturated carbocycles. The third kappa shape index (κ3) is 3.96. The molecule has 2 heterocycles. The summed E-state index contributed by atoms with van der Waals surface area (Å²) in [7, 11) is 1.82. The lowest BCUT2D eigenvalue weighted by Gasteiger charge is -2.43. The third-order valence-electron chi connectivity index (χ3n) is 7.34. The van der Waals surface area contributed by atoms with E-state index in [0.717, 1.165) is 88.1 Å². The van der Waals surface area contributed by atoms with Crippen LogP contribution in [0.25, 0.3) is 0 Å². The van der Waals surface area contributed by atoms with Gasteiger partial charge < -0.3 is 14.5 Å². The molecule has 3 aliphatic rings. The first-order valence-corrected chi connectivity index (χ1v) is 11.3. The fourth-order valence-corrected chi connectivity index (χ4v) is 5.71. The second kappa shape index (κ2) is 8.73. The van der Waals surface area contributed by atoms with E-state index >= 15 is 0 Å². The van der Waals surface area contributed by atoms with Crippen molar-refractivity contribution < 1.29 is 9.53 Å². The van der Waals surface area contributed by atoms with Gasteiger partial charge in [-0.1, -0.05) is 36.6 Å². The Kier molecular flexibility index (Phi) is 6.29. The van der Waals surface area contributed by atoms with E-state index in [1.54, 1.807) is 0 Å². The van der Waals surface area contributed by atoms with E-state index in [4.69, 9.17) is 16.3 Å². The van der Waals surface area contributed by atoms with Gasteiger partial charge in [0.2, 0.25) is 5.91 Å². The molecule has 1 aliphatic carbocycles. The molecule has 5 heteroatoms. The standard InChI is InChI=1S/C23H33ClN2O2/c1-28-21-10-16-25(17-11-21)20-8-14-26(15-9-20)22(27)23(12-2-3-13-23)18-4-6-19(24)7-5-18/h4-7,20-21H,2-3,8-17H2,1H3. The lowest BCUT2D eigenvalue weighted by molar-refractivity contribution is -0.139. The van der Waals surface area contributed by atoms with Gasteiger partial charge in [-0.15, -0.1) is 0 Å². The molecule has 1 amide bonds. The van der Waals surface area contributed by atoms with Gasteiger partial charge >= 0.3 is 0 Å². The Bertz CT molecular complexity index is 656. The molecule has 0 aromatic heterocycles. The summed E-state index contributed by atoms with van der Waals surface area (Å²) in [6.45, 7) is 4.05. The number of ether oxygens (including phenoxy) is 1. The van der Waals surface area contributed by atoms with Gasteiger partial charge in [0.1, 0.15) is 0 Å². The highest BCUT2D eigenvalue weighted by molar-refractivity contribution is 6.30. The predicted octanol–water partition coefficient (Wildman–Crippen LogP) is 4.25. The zero-order chi connectivity index (χ0) is 19.6. The molecule has 0 N–H and O–H groups in total. The molecule has 0 atom stereocenters. The van der Waals surface area contributed by atoms with Crippen LogP contribution < -0.4 is 0 Å². The summed E-state index contributed by atoms with van der Waals surface area (Å²) in [6, 6.07) is 8.62. The van der Waals surface area contributed by atoms with Crippen molar-refractivity contribution in [1.29, 1.82) is 0 Å². The average molecular weight is 405 g/mol. The van der Waals surface area contributed by atoms with Crippen LogP contribution in [0, 0.1) is 0 Å². The molecule has 1 aromatic carbocycles. The monoisotopic (exact) mass is 404 g/mol. The molecule has 0 radical (unpaired) electrons. The molecule has 4 rings (SSSR count). The van der Waals surface area contributed by atoms with E-state index in [1.807, 2.05) is 19.2 Å². The number of nitrogens with zero attached hydrogens (tertiary/aromatic N) is 2. The van der Waals surface area contributed by atoms with Crippen molar-refractivity contribution in [3.8, 4) is 0 Å². The maximum Gasteiger partial charge on any atom is 0.233 e. The summed E-state index contributed by atoms with van der Waals surface area (Å²) in [4.78, 5) is 18.4. The zero-order valence-electron chi connectivity index (χ0n) is 17.0. The van der Waals surface area contributed by atoms with Crippen molar-refractivity contribution in [2.75, 3.05) is 33.3 Å². The normalized spacial score (nSPS) is 24.6. The molecule has 1 aromatic rings. The predicted molar refractivity (Wildman–Crippen MR) is 113 cm³/mol. The Balaban J connectivity index is 1.39. The molecule has 0 unspecified atom stereocenters. The van der Waals surface area contributed by atoms with Crippen LogP contribution in [0.2, 0.25) is 5.02 Å². The summed E-state index contributed by atoms with van der Waals surface area (Å²) in [5, 5.41) is 0.738. The molecular weight excluding hydrogens is 372 g/mol. The maximum atomic E-state index is 13.6. The number of halogens is 1. The van der Waals surface area contributed by atoms with E-state index < -0.39 is 0 Å². The molecular formula is C23H33ClN2O2. The van der Waals surface area contributed by atoms with Crippen LogP contribution in [0.1, 0.15) is 56.9 Å². The van der Waals surface area contributed by atoms with E-state index in [0.29, 0.717) is 18.1 Å². The number of amides is 1. The fraction of sp³-hybridized carbons (Fsp3) is 0.696. The minimum atomic E-state index is -0.325. The first-order valence-electron chi connectivity index (χ1n) is 10.9. The SMILES string of the molecule is COC1CCN(C2CCN(C(=O)C3(c4ccc(Cl)cc4)CCCC3)CC2)CC1. The number of carbonyl (C=O) groups is 1. The van der Waals surface area contributed by atoms with E-state index in [1.165, 1.54) is 0 Å². The quantitative estimate of drug-likeness (QED) is 0.751. The van der Waals surface area contributed by atoms with Gasteiger partial charge in [-0.3, -0.25) is 4.79 Å². The van der Waals surface area contributed by atoms with Gasteiger partial charge in [0, 0.05) is 44.4 Å². The van der Waals surface area contributed by atoms with E-state index in [2.05, 4.69) is 21.9 Å². The first kappa shape index (κ1) is 20.2. The van der Waals surface area contributed by atoms with Crippen molar-refractivity contribution in [1.82, 2.24) is 9.80 Å². The molecule has 3 fully saturated rings. The van der Waals surface area contributed by atoms with Gasteiger partial charge in [0.15, 0.2) is 0 Å². The van der Waals surface area contributed by atoms with Crippen LogP contribution >= 0.6 is 11.6 Å². The van der Waals surface area contributed by atoms with Gasteiger partial charge in [-0.25, -0.2) is 0 Å². The largest absolute Gasteiger partial charge is 0.381 e. The summed E-state index contributed by atoms with van der Waals surface area (Å²) in [5.41, 5.74) is 0.831. The highest BCUT2D eigenvalue weighted by Gasteiger charge is 2.45. The van der Waals surface area contributed by atoms with Crippen LogP contribution in [0.4, 0.5) is 0 Å². The van der Waals surface area contributed by atoms with Gasteiger partial charge in [-0.2, -0.15) is 0 Å². The smallest absolute Gasteiger partial charge is 0.233 e. The van der Waals surface area contributed by atoms with E-state index in [9.17, 15) is 4.79 Å². The van der Waals surface area contributed by atoms with Crippen molar-refractivity contribution in [3.63, 3.8) is 0 Å². The summed E-state index contributed by atoms with van der Waals surface area (Å²) in [5.74, 6) is 0.351. The lowest BCUT2D eigenvalue weighted by Crippen LogP contribution is -2.53. The number of hydrogen-bond donors (Lipinski definition) is 0. The Morgan fingerprint density at radius 2 is 1.61 bits per heavy atom. The Morgan fingerprint density at radius 1 is 1.00 bits per heavy atom. The van der Waals surface area contributed by atoms with Crippen molar-refractivity contribution in [2.24, 2.45) is 0 Å². The van der Waals surface area contributed by atoms with Gasteiger partial charge in [0.25, 0.3) is 0 Å². The third-order valence-corrected chi connectivity index (χ3v) is 7.59. The average Bonchev–Trinajstić information content (AvgIpc) is 3.25. The van der Waals surface area contributed by atoms with Gasteiger partial charge in [0.05, 0.1) is 11.5 Å². The highest BCUT2D eigenvalue weighted by Crippen LogP contribution is 2.43. The van der Waals surface area contributed by atoms with Gasteiger partial charge in [-0.05, 0) is 56.2 Å². The molecule has 0 bridgehead atoms. The van der Waals surface area contributed by atoms with Crippen molar-refractivity contribution in [2.45, 2.75) is 68.9 Å². The number of carbonyl (C=O) groups excluding carboxylic acids is 1. The molecule has 0 spiro atoms. The molecule has 154 valence electrons. The van der Waals surface area contributed by atoms with E-state index in [-0.39, 0.29) is 5.41 Å². The van der Waals surface area contributed by atoms with Crippen LogP contribution in [0.15, 0.2) is 24.3 Å². The molecule has 28 heavy (non-hydrogen) atoms. The lowest BCUT2D eigenvalue weighted by atomic mass is 9.77. The fourth-order valence-electron chi connectivity index (χ4n) is 5.59. The number of hydrogen-bond acceptors (Lipinski definition) is 3. The van der Waals surface area contributed by atoms with Crippen LogP contribution in [0.3, 0.4) is 0 Å². The Labute approximate surface area is 174 Å². The second-order valence-corrected chi connectivity index (χ2v) is 9.23. The molecule has 4 nitrogen and oxygen atoms in total.